The highest BCUT2D eigenvalue weighted by Gasteiger charge is 2.08. The van der Waals surface area contributed by atoms with E-state index in [0.717, 1.165) is 11.1 Å². The Morgan fingerprint density at radius 2 is 0.875 bits per heavy atom. The van der Waals surface area contributed by atoms with Crippen molar-refractivity contribution in [3.8, 4) is 0 Å². The van der Waals surface area contributed by atoms with Crippen LogP contribution in [0.1, 0.15) is 31.8 Å². The van der Waals surface area contributed by atoms with Crippen LogP contribution in [0.4, 0.5) is 11.4 Å². The number of allylic oxidation sites excluding steroid dienone is 2. The van der Waals surface area contributed by atoms with Gasteiger partial charge < -0.3 is 0 Å². The molecule has 8 heteroatoms. The van der Waals surface area contributed by atoms with Crippen molar-refractivity contribution >= 4 is 35.1 Å². The lowest BCUT2D eigenvalue weighted by atomic mass is 10.1. The van der Waals surface area contributed by atoms with Gasteiger partial charge in [-0.25, -0.2) is 0 Å². The van der Waals surface area contributed by atoms with Gasteiger partial charge in [0.15, 0.2) is 11.6 Å². The van der Waals surface area contributed by atoms with Gasteiger partial charge in [0.2, 0.25) is 0 Å². The maximum atomic E-state index is 12.2. The molecule has 0 atom stereocenters. The van der Waals surface area contributed by atoms with Crippen LogP contribution in [0.3, 0.4) is 0 Å². The van der Waals surface area contributed by atoms with Crippen LogP contribution in [0.15, 0.2) is 84.9 Å². The van der Waals surface area contributed by atoms with Crippen molar-refractivity contribution in [1.82, 2.24) is 0 Å². The van der Waals surface area contributed by atoms with Crippen LogP contribution in [-0.2, 0) is 0 Å². The smallest absolute Gasteiger partial charge is 0.269 e. The summed E-state index contributed by atoms with van der Waals surface area (Å²) in [4.78, 5) is 44.7. The second-order valence-corrected chi connectivity index (χ2v) is 6.67. The molecular formula is C24H16N2O6. The van der Waals surface area contributed by atoms with Gasteiger partial charge in [0.25, 0.3) is 11.4 Å². The van der Waals surface area contributed by atoms with Gasteiger partial charge in [-0.3, -0.25) is 29.8 Å². The Balaban J connectivity index is 1.61. The van der Waals surface area contributed by atoms with E-state index in [1.165, 1.54) is 60.7 Å². The van der Waals surface area contributed by atoms with E-state index in [0.29, 0.717) is 11.1 Å². The molecule has 0 saturated heterocycles. The number of carbonyl (C=O) groups is 2. The summed E-state index contributed by atoms with van der Waals surface area (Å²) in [5.74, 6) is -0.560. The molecular weight excluding hydrogens is 412 g/mol. The molecule has 3 aromatic carbocycles. The fraction of sp³-hybridized carbons (Fsp3) is 0. The second kappa shape index (κ2) is 9.86. The molecule has 0 aliphatic rings. The predicted octanol–water partition coefficient (Wildman–Crippen LogP) is 5.30. The number of hydrogen-bond donors (Lipinski definition) is 0. The molecule has 0 aliphatic heterocycles. The van der Waals surface area contributed by atoms with Crippen molar-refractivity contribution in [2.24, 2.45) is 0 Å². The van der Waals surface area contributed by atoms with E-state index in [1.807, 2.05) is 0 Å². The largest absolute Gasteiger partial charge is 0.289 e. The molecule has 32 heavy (non-hydrogen) atoms. The minimum atomic E-state index is -0.528. The zero-order valence-electron chi connectivity index (χ0n) is 16.6. The molecule has 0 radical (unpaired) electrons. The molecule has 0 aromatic heterocycles. The molecule has 0 unspecified atom stereocenters. The monoisotopic (exact) mass is 428 g/mol. The number of ketones is 2. The van der Waals surface area contributed by atoms with Crippen LogP contribution >= 0.6 is 0 Å². The third kappa shape index (κ3) is 5.67. The molecule has 158 valence electrons. The van der Waals surface area contributed by atoms with Crippen molar-refractivity contribution < 1.29 is 19.4 Å². The van der Waals surface area contributed by atoms with Crippen LogP contribution in [0, 0.1) is 20.2 Å². The molecule has 3 aromatic rings. The molecule has 0 N–H and O–H groups in total. The third-order valence-corrected chi connectivity index (χ3v) is 4.52. The Morgan fingerprint density at radius 1 is 0.562 bits per heavy atom. The summed E-state index contributed by atoms with van der Waals surface area (Å²) in [6.07, 6.45) is 6.01. The number of nitro benzene ring substituents is 2. The van der Waals surface area contributed by atoms with Gasteiger partial charge in [-0.05, 0) is 47.5 Å². The van der Waals surface area contributed by atoms with E-state index in [9.17, 15) is 29.8 Å². The molecule has 3 rings (SSSR count). The van der Waals surface area contributed by atoms with Crippen molar-refractivity contribution in [3.05, 3.63) is 127 Å². The van der Waals surface area contributed by atoms with E-state index in [-0.39, 0.29) is 22.9 Å². The highest BCUT2D eigenvalue weighted by Crippen LogP contribution is 2.15. The van der Waals surface area contributed by atoms with Crippen LogP contribution in [0.25, 0.3) is 12.2 Å². The lowest BCUT2D eigenvalue weighted by Crippen LogP contribution is -1.95. The first-order valence-electron chi connectivity index (χ1n) is 9.37. The number of carbonyl (C=O) groups excluding carboxylic acids is 2. The van der Waals surface area contributed by atoms with Crippen LogP contribution in [-0.4, -0.2) is 21.4 Å². The summed E-state index contributed by atoms with van der Waals surface area (Å²) < 4.78 is 0. The van der Waals surface area contributed by atoms with Crippen molar-refractivity contribution in [2.75, 3.05) is 0 Å². The Morgan fingerprint density at radius 3 is 1.16 bits per heavy atom. The standard InChI is InChI=1S/C24H16N2O6/c27-23(19-7-11-21(12-8-19)25(29)30)15-5-17-1-2-18(4-3-17)6-16-24(28)20-9-13-22(14-10-20)26(31)32/h1-16H/b15-5+,16-6+. The summed E-state index contributed by atoms with van der Waals surface area (Å²) in [5, 5.41) is 21.3. The first-order chi connectivity index (χ1) is 15.3. The van der Waals surface area contributed by atoms with E-state index in [2.05, 4.69) is 0 Å². The molecule has 0 amide bonds. The van der Waals surface area contributed by atoms with Crippen LogP contribution in [0.5, 0.6) is 0 Å². The van der Waals surface area contributed by atoms with Crippen molar-refractivity contribution in [1.29, 1.82) is 0 Å². The molecule has 0 heterocycles. The van der Waals surface area contributed by atoms with Crippen LogP contribution < -0.4 is 0 Å². The fourth-order valence-electron chi connectivity index (χ4n) is 2.75. The molecule has 0 saturated carbocycles. The molecule has 0 aliphatic carbocycles. The minimum Gasteiger partial charge on any atom is -0.289 e. The minimum absolute atomic E-state index is 0.0822. The number of benzene rings is 3. The summed E-state index contributed by atoms with van der Waals surface area (Å²) in [6, 6.07) is 17.8. The first-order valence-corrected chi connectivity index (χ1v) is 9.37. The zero-order chi connectivity index (χ0) is 23.1. The van der Waals surface area contributed by atoms with E-state index in [4.69, 9.17) is 0 Å². The highest BCUT2D eigenvalue weighted by molar-refractivity contribution is 6.07. The predicted molar refractivity (Wildman–Crippen MR) is 119 cm³/mol. The van der Waals surface area contributed by atoms with Gasteiger partial charge in [0, 0.05) is 35.4 Å². The Bertz CT molecular complexity index is 1130. The summed E-state index contributed by atoms with van der Waals surface area (Å²) in [5.41, 5.74) is 2.05. The van der Waals surface area contributed by atoms with Crippen molar-refractivity contribution in [2.45, 2.75) is 0 Å². The quantitative estimate of drug-likeness (QED) is 0.208. The maximum absolute atomic E-state index is 12.2. The second-order valence-electron chi connectivity index (χ2n) is 6.67. The fourth-order valence-corrected chi connectivity index (χ4v) is 2.75. The van der Waals surface area contributed by atoms with E-state index >= 15 is 0 Å². The van der Waals surface area contributed by atoms with Gasteiger partial charge in [-0.1, -0.05) is 36.4 Å². The van der Waals surface area contributed by atoms with Gasteiger partial charge in [0.1, 0.15) is 0 Å². The number of nitro groups is 2. The van der Waals surface area contributed by atoms with Crippen LogP contribution in [0.2, 0.25) is 0 Å². The average molecular weight is 428 g/mol. The Labute approximate surface area is 182 Å². The topological polar surface area (TPSA) is 120 Å². The average Bonchev–Trinajstić information content (AvgIpc) is 2.81. The first kappa shape index (κ1) is 22.0. The summed E-state index contributed by atoms with van der Waals surface area (Å²) in [6.45, 7) is 0. The number of nitrogens with zero attached hydrogens (tertiary/aromatic N) is 2. The Hall–Kier alpha value is -4.72. The van der Waals surface area contributed by atoms with Crippen molar-refractivity contribution in [3.63, 3.8) is 0 Å². The third-order valence-electron chi connectivity index (χ3n) is 4.52. The van der Waals surface area contributed by atoms with Gasteiger partial charge in [0.05, 0.1) is 9.85 Å². The van der Waals surface area contributed by atoms with Gasteiger partial charge in [-0.2, -0.15) is 0 Å². The molecule has 0 bridgehead atoms. The zero-order valence-corrected chi connectivity index (χ0v) is 16.6. The molecule has 0 fully saturated rings. The van der Waals surface area contributed by atoms with E-state index in [1.54, 1.807) is 36.4 Å². The molecule has 8 nitrogen and oxygen atoms in total. The Kier molecular flexibility index (Phi) is 6.77. The number of hydrogen-bond acceptors (Lipinski definition) is 6. The summed E-state index contributed by atoms with van der Waals surface area (Å²) in [7, 11) is 0. The normalized spacial score (nSPS) is 11.0. The van der Waals surface area contributed by atoms with Gasteiger partial charge in [-0.15, -0.1) is 0 Å². The number of non-ortho nitro benzene ring substituents is 2. The molecule has 0 spiro atoms. The lowest BCUT2D eigenvalue weighted by Gasteiger charge is -1.98. The maximum Gasteiger partial charge on any atom is 0.269 e. The lowest BCUT2D eigenvalue weighted by molar-refractivity contribution is -0.385. The SMILES string of the molecule is O=C(/C=C/c1ccc(/C=C/C(=O)c2ccc([N+](=O)[O-])cc2)cc1)c1ccc([N+](=O)[O-])cc1. The van der Waals surface area contributed by atoms with Gasteiger partial charge >= 0.3 is 0 Å². The highest BCUT2D eigenvalue weighted by atomic mass is 16.6. The summed E-state index contributed by atoms with van der Waals surface area (Å²) >= 11 is 0. The van der Waals surface area contributed by atoms with E-state index < -0.39 is 9.85 Å². The number of rotatable bonds is 8.